The van der Waals surface area contributed by atoms with E-state index in [2.05, 4.69) is 63.2 Å². The molecule has 0 aromatic heterocycles. The molecule has 0 bridgehead atoms. The third kappa shape index (κ3) is 3.94. The molecule has 2 aromatic rings. The first-order valence-corrected chi connectivity index (χ1v) is 7.24. The van der Waals surface area contributed by atoms with Crippen LogP contribution in [0, 0.1) is 5.41 Å². The van der Waals surface area contributed by atoms with Gasteiger partial charge in [-0.3, -0.25) is 0 Å². The molecule has 2 aromatic carbocycles. The maximum atomic E-state index is 9.35. The molecule has 20 heavy (non-hydrogen) atoms. The summed E-state index contributed by atoms with van der Waals surface area (Å²) in [5, 5.41) is 9.35. The number of aliphatic hydroxyl groups is 1. The summed E-state index contributed by atoms with van der Waals surface area (Å²) >= 11 is 0. The van der Waals surface area contributed by atoms with Crippen LogP contribution >= 0.6 is 0 Å². The molecular formula is C19H24O. The van der Waals surface area contributed by atoms with E-state index in [1.54, 1.807) is 0 Å². The molecule has 1 heteroatoms. The Kier molecular flexibility index (Phi) is 4.61. The summed E-state index contributed by atoms with van der Waals surface area (Å²) in [6.45, 7) is 6.93. The van der Waals surface area contributed by atoms with Crippen LogP contribution in [-0.4, -0.2) is 5.11 Å². The van der Waals surface area contributed by atoms with Gasteiger partial charge in [0.15, 0.2) is 0 Å². The van der Waals surface area contributed by atoms with Gasteiger partial charge in [0.2, 0.25) is 0 Å². The molecule has 0 radical (unpaired) electrons. The van der Waals surface area contributed by atoms with Crippen molar-refractivity contribution in [3.8, 4) is 0 Å². The molecule has 0 spiro atoms. The lowest BCUT2D eigenvalue weighted by Crippen LogP contribution is -2.13. The van der Waals surface area contributed by atoms with Crippen LogP contribution in [0.4, 0.5) is 0 Å². The molecule has 0 saturated carbocycles. The smallest absolute Gasteiger partial charge is 0.0681 e. The maximum Gasteiger partial charge on any atom is 0.0681 e. The van der Waals surface area contributed by atoms with Gasteiger partial charge in [0.05, 0.1) is 6.61 Å². The van der Waals surface area contributed by atoms with Crippen molar-refractivity contribution in [1.82, 2.24) is 0 Å². The van der Waals surface area contributed by atoms with E-state index < -0.39 is 0 Å². The summed E-state index contributed by atoms with van der Waals surface area (Å²) in [4.78, 5) is 0. The molecule has 0 aliphatic heterocycles. The Morgan fingerprint density at radius 3 is 2.15 bits per heavy atom. The fourth-order valence-electron chi connectivity index (χ4n) is 2.63. The summed E-state index contributed by atoms with van der Waals surface area (Å²) in [6, 6.07) is 19.0. The quantitative estimate of drug-likeness (QED) is 0.848. The highest BCUT2D eigenvalue weighted by atomic mass is 16.3. The van der Waals surface area contributed by atoms with E-state index in [-0.39, 0.29) is 12.0 Å². The zero-order valence-electron chi connectivity index (χ0n) is 12.6. The van der Waals surface area contributed by atoms with E-state index in [0.717, 1.165) is 12.0 Å². The van der Waals surface area contributed by atoms with Gasteiger partial charge in [-0.2, -0.15) is 0 Å². The van der Waals surface area contributed by atoms with Gasteiger partial charge >= 0.3 is 0 Å². The summed E-state index contributed by atoms with van der Waals surface area (Å²) < 4.78 is 0. The third-order valence-corrected chi connectivity index (χ3v) is 3.55. The van der Waals surface area contributed by atoms with E-state index >= 15 is 0 Å². The SMILES string of the molecule is CC(C)(C)CC(c1ccccc1)c1cccc(CO)c1. The summed E-state index contributed by atoms with van der Waals surface area (Å²) in [6.07, 6.45) is 1.09. The minimum atomic E-state index is 0.102. The van der Waals surface area contributed by atoms with Gasteiger partial charge < -0.3 is 5.11 Å². The molecule has 0 amide bonds. The van der Waals surface area contributed by atoms with Gasteiger partial charge in [-0.15, -0.1) is 0 Å². The molecule has 1 nitrogen and oxygen atoms in total. The predicted molar refractivity (Wildman–Crippen MR) is 84.7 cm³/mol. The normalized spacial score (nSPS) is 13.2. The van der Waals surface area contributed by atoms with Gasteiger partial charge in [-0.25, -0.2) is 0 Å². The van der Waals surface area contributed by atoms with E-state index in [9.17, 15) is 5.11 Å². The highest BCUT2D eigenvalue weighted by Gasteiger charge is 2.21. The molecule has 0 aliphatic rings. The Morgan fingerprint density at radius 1 is 0.900 bits per heavy atom. The van der Waals surface area contributed by atoms with Crippen LogP contribution in [0.3, 0.4) is 0 Å². The lowest BCUT2D eigenvalue weighted by atomic mass is 9.78. The van der Waals surface area contributed by atoms with Crippen molar-refractivity contribution in [2.45, 2.75) is 39.7 Å². The Labute approximate surface area is 122 Å². The van der Waals surface area contributed by atoms with E-state index in [1.165, 1.54) is 11.1 Å². The standard InChI is InChI=1S/C19H24O/c1-19(2,3)13-18(16-9-5-4-6-10-16)17-11-7-8-15(12-17)14-20/h4-12,18,20H,13-14H2,1-3H3. The van der Waals surface area contributed by atoms with Gasteiger partial charge in [-0.05, 0) is 28.5 Å². The van der Waals surface area contributed by atoms with Crippen molar-refractivity contribution in [3.05, 3.63) is 71.3 Å². The van der Waals surface area contributed by atoms with Crippen molar-refractivity contribution in [2.24, 2.45) is 5.41 Å². The lowest BCUT2D eigenvalue weighted by molar-refractivity contribution is 0.281. The highest BCUT2D eigenvalue weighted by molar-refractivity contribution is 5.35. The molecule has 1 N–H and O–H groups in total. The monoisotopic (exact) mass is 268 g/mol. The van der Waals surface area contributed by atoms with Crippen LogP contribution in [0.25, 0.3) is 0 Å². The zero-order valence-corrected chi connectivity index (χ0v) is 12.6. The molecule has 106 valence electrons. The Morgan fingerprint density at radius 2 is 1.55 bits per heavy atom. The molecule has 1 atom stereocenters. The number of aliphatic hydroxyl groups excluding tert-OH is 1. The minimum absolute atomic E-state index is 0.102. The fraction of sp³-hybridized carbons (Fsp3) is 0.368. The number of hydrogen-bond donors (Lipinski definition) is 1. The van der Waals surface area contributed by atoms with Crippen molar-refractivity contribution >= 4 is 0 Å². The first-order chi connectivity index (χ1) is 9.49. The Balaban J connectivity index is 2.40. The van der Waals surface area contributed by atoms with Gasteiger partial charge in [-0.1, -0.05) is 75.4 Å². The molecule has 0 heterocycles. The second kappa shape index (κ2) is 6.23. The van der Waals surface area contributed by atoms with Crippen LogP contribution < -0.4 is 0 Å². The largest absolute Gasteiger partial charge is 0.392 e. The molecule has 0 fully saturated rings. The maximum absolute atomic E-state index is 9.35. The van der Waals surface area contributed by atoms with Crippen LogP contribution in [0.2, 0.25) is 0 Å². The van der Waals surface area contributed by atoms with Crippen LogP contribution in [0.15, 0.2) is 54.6 Å². The van der Waals surface area contributed by atoms with Crippen LogP contribution in [0.5, 0.6) is 0 Å². The van der Waals surface area contributed by atoms with Crippen LogP contribution in [-0.2, 0) is 6.61 Å². The number of rotatable bonds is 4. The van der Waals surface area contributed by atoms with E-state index in [4.69, 9.17) is 0 Å². The average molecular weight is 268 g/mol. The van der Waals surface area contributed by atoms with Gasteiger partial charge in [0.1, 0.15) is 0 Å². The highest BCUT2D eigenvalue weighted by Crippen LogP contribution is 2.36. The molecular weight excluding hydrogens is 244 g/mol. The lowest BCUT2D eigenvalue weighted by Gasteiger charge is -2.27. The van der Waals surface area contributed by atoms with Crippen LogP contribution in [0.1, 0.15) is 49.8 Å². The molecule has 0 aliphatic carbocycles. The predicted octanol–water partition coefficient (Wildman–Crippen LogP) is 4.75. The summed E-state index contributed by atoms with van der Waals surface area (Å²) in [5.74, 6) is 0.377. The molecule has 1 unspecified atom stereocenters. The average Bonchev–Trinajstić information content (AvgIpc) is 2.45. The first-order valence-electron chi connectivity index (χ1n) is 7.24. The van der Waals surface area contributed by atoms with Gasteiger partial charge in [0.25, 0.3) is 0 Å². The van der Waals surface area contributed by atoms with Gasteiger partial charge in [0, 0.05) is 5.92 Å². The number of benzene rings is 2. The first kappa shape index (κ1) is 14.8. The fourth-order valence-corrected chi connectivity index (χ4v) is 2.63. The third-order valence-electron chi connectivity index (χ3n) is 3.55. The minimum Gasteiger partial charge on any atom is -0.392 e. The van der Waals surface area contributed by atoms with Crippen molar-refractivity contribution in [1.29, 1.82) is 0 Å². The second-order valence-electron chi connectivity index (χ2n) is 6.63. The zero-order chi connectivity index (χ0) is 14.6. The Hall–Kier alpha value is -1.60. The second-order valence-corrected chi connectivity index (χ2v) is 6.63. The Bertz CT molecular complexity index is 537. The van der Waals surface area contributed by atoms with E-state index in [0.29, 0.717) is 5.92 Å². The molecule has 2 rings (SSSR count). The van der Waals surface area contributed by atoms with Crippen molar-refractivity contribution in [2.75, 3.05) is 0 Å². The topological polar surface area (TPSA) is 20.2 Å². The number of hydrogen-bond acceptors (Lipinski definition) is 1. The summed E-state index contributed by atoms with van der Waals surface area (Å²) in [7, 11) is 0. The van der Waals surface area contributed by atoms with Crippen molar-refractivity contribution in [3.63, 3.8) is 0 Å². The summed E-state index contributed by atoms with van der Waals surface area (Å²) in [5.41, 5.74) is 3.88. The molecule has 0 saturated heterocycles. The van der Waals surface area contributed by atoms with Crippen molar-refractivity contribution < 1.29 is 5.11 Å². The van der Waals surface area contributed by atoms with E-state index in [1.807, 2.05) is 12.1 Å².